The van der Waals surface area contributed by atoms with Crippen LogP contribution >= 0.6 is 11.5 Å². The Labute approximate surface area is 222 Å². The molecule has 2 heterocycles. The SMILES string of the molecule is CC(C)(C)NC(=O)[C@H](c1ccc2ncccc2c1)N(Cc1ccc(F)cc1)C(=O)c1snc(C(N)=O)c1N. The van der Waals surface area contributed by atoms with Crippen LogP contribution in [0.25, 0.3) is 10.9 Å². The van der Waals surface area contributed by atoms with Gasteiger partial charge in [-0.1, -0.05) is 24.3 Å². The van der Waals surface area contributed by atoms with Crippen molar-refractivity contribution >= 4 is 45.8 Å². The van der Waals surface area contributed by atoms with Gasteiger partial charge in [-0.15, -0.1) is 0 Å². The highest BCUT2D eigenvalue weighted by Crippen LogP contribution is 2.32. The Bertz CT molecular complexity index is 1510. The fourth-order valence-corrected chi connectivity index (χ4v) is 4.76. The van der Waals surface area contributed by atoms with Crippen molar-refractivity contribution in [3.63, 3.8) is 0 Å². The van der Waals surface area contributed by atoms with Crippen LogP contribution in [-0.2, 0) is 11.3 Å². The number of nitrogens with two attached hydrogens (primary N) is 2. The van der Waals surface area contributed by atoms with E-state index >= 15 is 0 Å². The van der Waals surface area contributed by atoms with Gasteiger partial charge in [0.25, 0.3) is 11.8 Å². The van der Waals surface area contributed by atoms with E-state index in [2.05, 4.69) is 14.7 Å². The topological polar surface area (TPSA) is 144 Å². The van der Waals surface area contributed by atoms with Gasteiger partial charge in [0.1, 0.15) is 16.7 Å². The number of anilines is 1. The number of aromatic nitrogens is 2. The fraction of sp³-hybridized carbons (Fsp3) is 0.222. The average Bonchev–Trinajstić information content (AvgIpc) is 3.24. The zero-order valence-electron chi connectivity index (χ0n) is 21.1. The summed E-state index contributed by atoms with van der Waals surface area (Å²) in [6.07, 6.45) is 1.67. The maximum Gasteiger partial charge on any atom is 0.270 e. The van der Waals surface area contributed by atoms with Gasteiger partial charge in [-0.3, -0.25) is 19.4 Å². The van der Waals surface area contributed by atoms with Gasteiger partial charge in [0, 0.05) is 23.7 Å². The first-order chi connectivity index (χ1) is 17.9. The van der Waals surface area contributed by atoms with Crippen LogP contribution in [0.3, 0.4) is 0 Å². The molecule has 0 spiro atoms. The summed E-state index contributed by atoms with van der Waals surface area (Å²) in [6, 6.07) is 13.4. The van der Waals surface area contributed by atoms with Crippen LogP contribution in [0.5, 0.6) is 0 Å². The standard InChI is InChI=1S/C27H27FN6O3S/c1-27(2,3)32-25(36)22(17-8-11-19-16(13-17)5-4-12-31-19)34(14-15-6-9-18(28)10-7-15)26(37)23-20(29)21(24(30)35)33-38-23/h4-13,22H,14,29H2,1-3H3,(H2,30,35)(H,32,36)/t22-/m0/s1. The van der Waals surface area contributed by atoms with Crippen molar-refractivity contribution in [1.29, 1.82) is 0 Å². The van der Waals surface area contributed by atoms with Crippen LogP contribution in [-0.4, -0.2) is 37.5 Å². The van der Waals surface area contributed by atoms with Crippen molar-refractivity contribution in [3.8, 4) is 0 Å². The minimum atomic E-state index is -1.12. The number of nitrogen functional groups attached to an aromatic ring is 1. The molecule has 3 amide bonds. The van der Waals surface area contributed by atoms with Crippen molar-refractivity contribution in [2.45, 2.75) is 38.9 Å². The molecule has 0 radical (unpaired) electrons. The quantitative estimate of drug-likeness (QED) is 0.329. The number of pyridine rings is 1. The number of primary amides is 1. The molecule has 0 saturated heterocycles. The molecule has 2 aromatic carbocycles. The Kier molecular flexibility index (Phi) is 7.40. The maximum atomic E-state index is 14.0. The maximum absolute atomic E-state index is 14.0. The van der Waals surface area contributed by atoms with Gasteiger partial charge in [0.15, 0.2) is 5.69 Å². The van der Waals surface area contributed by atoms with Gasteiger partial charge < -0.3 is 21.7 Å². The smallest absolute Gasteiger partial charge is 0.270 e. The van der Waals surface area contributed by atoms with Crippen molar-refractivity contribution in [2.24, 2.45) is 5.73 Å². The number of amides is 3. The molecule has 38 heavy (non-hydrogen) atoms. The highest BCUT2D eigenvalue weighted by atomic mass is 32.1. The van der Waals surface area contributed by atoms with Crippen LogP contribution in [0.2, 0.25) is 0 Å². The molecule has 5 N–H and O–H groups in total. The van der Waals surface area contributed by atoms with E-state index in [1.165, 1.54) is 29.2 Å². The van der Waals surface area contributed by atoms with Gasteiger partial charge in [-0.25, -0.2) is 4.39 Å². The molecular weight excluding hydrogens is 507 g/mol. The summed E-state index contributed by atoms with van der Waals surface area (Å²) in [7, 11) is 0. The molecule has 4 aromatic rings. The van der Waals surface area contributed by atoms with Crippen molar-refractivity contribution in [1.82, 2.24) is 19.6 Å². The van der Waals surface area contributed by atoms with Gasteiger partial charge in [-0.2, -0.15) is 4.37 Å². The summed E-state index contributed by atoms with van der Waals surface area (Å²) in [6.45, 7) is 5.44. The molecular formula is C27H27FN6O3S. The van der Waals surface area contributed by atoms with Gasteiger partial charge in [0.05, 0.1) is 11.2 Å². The molecule has 1 atom stereocenters. The number of rotatable bonds is 7. The van der Waals surface area contributed by atoms with Gasteiger partial charge >= 0.3 is 0 Å². The number of nitrogens with zero attached hydrogens (tertiary/aromatic N) is 3. The number of hydrogen-bond donors (Lipinski definition) is 3. The number of nitrogens with one attached hydrogen (secondary N) is 1. The van der Waals surface area contributed by atoms with E-state index in [4.69, 9.17) is 11.5 Å². The van der Waals surface area contributed by atoms with Gasteiger partial charge in [0.2, 0.25) is 5.91 Å². The molecule has 196 valence electrons. The molecule has 0 fully saturated rings. The first-order valence-corrected chi connectivity index (χ1v) is 12.5. The summed E-state index contributed by atoms with van der Waals surface area (Å²) in [5, 5.41) is 3.74. The van der Waals surface area contributed by atoms with Crippen LogP contribution < -0.4 is 16.8 Å². The third kappa shape index (κ3) is 5.78. The van der Waals surface area contributed by atoms with E-state index in [-0.39, 0.29) is 22.8 Å². The minimum Gasteiger partial charge on any atom is -0.395 e. The van der Waals surface area contributed by atoms with E-state index in [0.29, 0.717) is 11.1 Å². The Morgan fingerprint density at radius 2 is 1.82 bits per heavy atom. The first-order valence-electron chi connectivity index (χ1n) is 11.7. The molecule has 11 heteroatoms. The second-order valence-corrected chi connectivity index (χ2v) is 10.6. The summed E-state index contributed by atoms with van der Waals surface area (Å²) < 4.78 is 17.6. The zero-order valence-corrected chi connectivity index (χ0v) is 21.9. The predicted octanol–water partition coefficient (Wildman–Crippen LogP) is 3.81. The Morgan fingerprint density at radius 1 is 1.11 bits per heavy atom. The number of carbonyl (C=O) groups is 3. The van der Waals surface area contributed by atoms with Gasteiger partial charge in [-0.05, 0) is 73.8 Å². The lowest BCUT2D eigenvalue weighted by atomic mass is 9.99. The highest BCUT2D eigenvalue weighted by molar-refractivity contribution is 7.09. The highest BCUT2D eigenvalue weighted by Gasteiger charge is 2.36. The van der Waals surface area contributed by atoms with Crippen molar-refractivity contribution in [2.75, 3.05) is 5.73 Å². The third-order valence-corrected chi connectivity index (χ3v) is 6.53. The monoisotopic (exact) mass is 534 g/mol. The van der Waals surface area contributed by atoms with Crippen molar-refractivity contribution < 1.29 is 18.8 Å². The van der Waals surface area contributed by atoms with E-state index in [1.807, 2.05) is 26.8 Å². The number of hydrogen-bond acceptors (Lipinski definition) is 7. The molecule has 0 bridgehead atoms. The largest absolute Gasteiger partial charge is 0.395 e. The van der Waals surface area contributed by atoms with Crippen LogP contribution in [0.1, 0.15) is 58.1 Å². The molecule has 0 aliphatic carbocycles. The third-order valence-electron chi connectivity index (χ3n) is 5.68. The van der Waals surface area contributed by atoms with Crippen LogP contribution in [0, 0.1) is 5.82 Å². The fourth-order valence-electron chi connectivity index (χ4n) is 4.00. The van der Waals surface area contributed by atoms with Crippen LogP contribution in [0.4, 0.5) is 10.1 Å². The lowest BCUT2D eigenvalue weighted by molar-refractivity contribution is -0.127. The van der Waals surface area contributed by atoms with Crippen molar-refractivity contribution in [3.05, 3.63) is 88.3 Å². The molecule has 0 saturated carbocycles. The van der Waals surface area contributed by atoms with E-state index in [9.17, 15) is 18.8 Å². The molecule has 2 aromatic heterocycles. The predicted molar refractivity (Wildman–Crippen MR) is 144 cm³/mol. The minimum absolute atomic E-state index is 0.0306. The average molecular weight is 535 g/mol. The Balaban J connectivity index is 1.88. The number of benzene rings is 2. The summed E-state index contributed by atoms with van der Waals surface area (Å²) >= 11 is 0.725. The second kappa shape index (κ2) is 10.5. The number of fused-ring (bicyclic) bond motifs is 1. The first kappa shape index (κ1) is 26.7. The molecule has 0 aliphatic heterocycles. The van der Waals surface area contributed by atoms with E-state index in [0.717, 1.165) is 22.4 Å². The van der Waals surface area contributed by atoms with E-state index < -0.39 is 35.1 Å². The normalized spacial score (nSPS) is 12.2. The lowest BCUT2D eigenvalue weighted by Crippen LogP contribution is -2.49. The molecule has 0 aliphatic rings. The summed E-state index contributed by atoms with van der Waals surface area (Å²) in [4.78, 5) is 45.2. The second-order valence-electron chi connectivity index (χ2n) is 9.80. The Morgan fingerprint density at radius 3 is 2.45 bits per heavy atom. The number of carbonyl (C=O) groups excluding carboxylic acids is 3. The Hall–Kier alpha value is -4.38. The van der Waals surface area contributed by atoms with Crippen LogP contribution in [0.15, 0.2) is 60.8 Å². The molecule has 0 unspecified atom stereocenters. The zero-order chi connectivity index (χ0) is 27.6. The van der Waals surface area contributed by atoms with E-state index in [1.54, 1.807) is 30.5 Å². The summed E-state index contributed by atoms with van der Waals surface area (Å²) in [5.41, 5.74) is 12.3. The lowest BCUT2D eigenvalue weighted by Gasteiger charge is -2.33. The molecule has 9 nitrogen and oxygen atoms in total. The molecule has 4 rings (SSSR count). The number of halogens is 1. The summed E-state index contributed by atoms with van der Waals surface area (Å²) in [5.74, 6) is -2.37.